The average Bonchev–Trinajstić information content (AvgIpc) is 2.97. The Balaban J connectivity index is 1.55. The van der Waals surface area contributed by atoms with Gasteiger partial charge in [0.25, 0.3) is 0 Å². The monoisotopic (exact) mass is 329 g/mol. The molecule has 0 saturated carbocycles. The molecule has 0 bridgehead atoms. The summed E-state index contributed by atoms with van der Waals surface area (Å²) in [4.78, 5) is 14.6. The Morgan fingerprint density at radius 2 is 2.00 bits per heavy atom. The van der Waals surface area contributed by atoms with E-state index in [0.717, 1.165) is 49.7 Å². The Hall–Kier alpha value is -2.18. The van der Waals surface area contributed by atoms with Crippen LogP contribution in [0.5, 0.6) is 0 Å². The van der Waals surface area contributed by atoms with Crippen molar-refractivity contribution in [1.82, 2.24) is 15.4 Å². The zero-order chi connectivity index (χ0) is 16.8. The molecular weight excluding hydrogens is 306 g/mol. The summed E-state index contributed by atoms with van der Waals surface area (Å²) in [7, 11) is 0. The molecule has 1 aliphatic heterocycles. The summed E-state index contributed by atoms with van der Waals surface area (Å²) in [6.45, 7) is 6.76. The highest BCUT2D eigenvalue weighted by atomic mass is 16.5. The average molecular weight is 329 g/mol. The number of morpholine rings is 1. The Kier molecular flexibility index (Phi) is 5.61. The van der Waals surface area contributed by atoms with E-state index in [0.29, 0.717) is 12.3 Å². The molecule has 2 aromatic rings. The van der Waals surface area contributed by atoms with Gasteiger partial charge in [-0.3, -0.25) is 9.69 Å². The highest BCUT2D eigenvalue weighted by Crippen LogP contribution is 2.26. The van der Waals surface area contributed by atoms with Gasteiger partial charge < -0.3 is 14.6 Å². The number of aromatic nitrogens is 1. The molecule has 0 radical (unpaired) electrons. The number of nitrogens with one attached hydrogen (secondary N) is 1. The molecule has 0 atom stereocenters. The van der Waals surface area contributed by atoms with Gasteiger partial charge in [-0.15, -0.1) is 0 Å². The van der Waals surface area contributed by atoms with Crippen LogP contribution in [-0.4, -0.2) is 55.4 Å². The van der Waals surface area contributed by atoms with Crippen molar-refractivity contribution in [3.63, 3.8) is 0 Å². The summed E-state index contributed by atoms with van der Waals surface area (Å²) in [5.74, 6) is 0.670. The fraction of sp³-hybridized carbons (Fsp3) is 0.444. The van der Waals surface area contributed by atoms with Gasteiger partial charge in [0.2, 0.25) is 5.91 Å². The molecule has 0 spiro atoms. The maximum atomic E-state index is 12.3. The Labute approximate surface area is 141 Å². The van der Waals surface area contributed by atoms with Crippen LogP contribution < -0.4 is 5.32 Å². The van der Waals surface area contributed by atoms with Crippen LogP contribution in [0.2, 0.25) is 0 Å². The Morgan fingerprint density at radius 1 is 1.25 bits per heavy atom. The number of nitrogens with zero attached hydrogens (tertiary/aromatic N) is 2. The number of benzene rings is 1. The van der Waals surface area contributed by atoms with E-state index in [1.54, 1.807) is 0 Å². The predicted octanol–water partition coefficient (Wildman–Crippen LogP) is 1.64. The number of amides is 1. The van der Waals surface area contributed by atoms with Gasteiger partial charge in [-0.25, -0.2) is 0 Å². The second-order valence-corrected chi connectivity index (χ2v) is 5.92. The molecular formula is C18H23N3O3. The standard InChI is InChI=1S/C18H23N3O3/c1-14-16(18(24-20-14)15-5-3-2-4-6-15)13-17(22)19-7-8-21-9-11-23-12-10-21/h2-6H,7-13H2,1H3,(H,19,22). The number of aryl methyl sites for hydroxylation is 1. The summed E-state index contributed by atoms with van der Waals surface area (Å²) in [6.07, 6.45) is 0.280. The van der Waals surface area contributed by atoms with Gasteiger partial charge in [0.1, 0.15) is 0 Å². The normalized spacial score (nSPS) is 15.4. The van der Waals surface area contributed by atoms with Crippen LogP contribution in [0.4, 0.5) is 0 Å². The minimum absolute atomic E-state index is 0.00765. The quantitative estimate of drug-likeness (QED) is 0.873. The van der Waals surface area contributed by atoms with Crippen LogP contribution in [0.3, 0.4) is 0 Å². The highest BCUT2D eigenvalue weighted by Gasteiger charge is 2.18. The molecule has 24 heavy (non-hydrogen) atoms. The number of ether oxygens (including phenoxy) is 1. The predicted molar refractivity (Wildman–Crippen MR) is 90.6 cm³/mol. The number of carbonyl (C=O) groups excluding carboxylic acids is 1. The van der Waals surface area contributed by atoms with Crippen LogP contribution in [0.25, 0.3) is 11.3 Å². The molecule has 1 aromatic carbocycles. The molecule has 6 heteroatoms. The first-order valence-corrected chi connectivity index (χ1v) is 8.31. The fourth-order valence-corrected chi connectivity index (χ4v) is 2.81. The lowest BCUT2D eigenvalue weighted by atomic mass is 10.0. The van der Waals surface area contributed by atoms with E-state index in [9.17, 15) is 4.79 Å². The molecule has 1 N–H and O–H groups in total. The number of rotatable bonds is 6. The van der Waals surface area contributed by atoms with Crippen molar-refractivity contribution < 1.29 is 14.1 Å². The van der Waals surface area contributed by atoms with Crippen LogP contribution in [0.1, 0.15) is 11.3 Å². The van der Waals surface area contributed by atoms with E-state index in [1.807, 2.05) is 37.3 Å². The van der Waals surface area contributed by atoms with Crippen LogP contribution in [0, 0.1) is 6.92 Å². The third-order valence-electron chi connectivity index (χ3n) is 4.21. The number of hydrogen-bond donors (Lipinski definition) is 1. The first-order chi connectivity index (χ1) is 11.7. The molecule has 1 fully saturated rings. The number of carbonyl (C=O) groups is 1. The zero-order valence-corrected chi connectivity index (χ0v) is 14.0. The summed E-state index contributed by atoms with van der Waals surface area (Å²) in [5, 5.41) is 7.01. The number of hydrogen-bond acceptors (Lipinski definition) is 5. The molecule has 6 nitrogen and oxygen atoms in total. The molecule has 1 aliphatic rings. The molecule has 0 unspecified atom stereocenters. The second-order valence-electron chi connectivity index (χ2n) is 5.92. The minimum atomic E-state index is -0.00765. The van der Waals surface area contributed by atoms with Crippen LogP contribution >= 0.6 is 0 Å². The first-order valence-electron chi connectivity index (χ1n) is 8.31. The van der Waals surface area contributed by atoms with Gasteiger partial charge in [0.05, 0.1) is 25.3 Å². The van der Waals surface area contributed by atoms with Crippen molar-refractivity contribution in [2.75, 3.05) is 39.4 Å². The van der Waals surface area contributed by atoms with Gasteiger partial charge in [-0.05, 0) is 6.92 Å². The van der Waals surface area contributed by atoms with Crippen molar-refractivity contribution in [3.8, 4) is 11.3 Å². The molecule has 1 saturated heterocycles. The second kappa shape index (κ2) is 8.08. The van der Waals surface area contributed by atoms with Crippen molar-refractivity contribution >= 4 is 5.91 Å². The summed E-state index contributed by atoms with van der Waals surface area (Å²) in [6, 6.07) is 9.75. The lowest BCUT2D eigenvalue weighted by molar-refractivity contribution is -0.120. The fourth-order valence-electron chi connectivity index (χ4n) is 2.81. The lowest BCUT2D eigenvalue weighted by Gasteiger charge is -2.26. The van der Waals surface area contributed by atoms with Gasteiger partial charge >= 0.3 is 0 Å². The van der Waals surface area contributed by atoms with E-state index >= 15 is 0 Å². The van der Waals surface area contributed by atoms with Crippen molar-refractivity contribution in [3.05, 3.63) is 41.6 Å². The SMILES string of the molecule is Cc1noc(-c2ccccc2)c1CC(=O)NCCN1CCOCC1. The van der Waals surface area contributed by atoms with Crippen LogP contribution in [0.15, 0.2) is 34.9 Å². The van der Waals surface area contributed by atoms with E-state index < -0.39 is 0 Å². The molecule has 3 rings (SSSR count). The summed E-state index contributed by atoms with van der Waals surface area (Å²) in [5.41, 5.74) is 2.55. The van der Waals surface area contributed by atoms with Gasteiger partial charge in [-0.2, -0.15) is 0 Å². The van der Waals surface area contributed by atoms with Crippen LogP contribution in [-0.2, 0) is 16.0 Å². The lowest BCUT2D eigenvalue weighted by Crippen LogP contribution is -2.41. The summed E-state index contributed by atoms with van der Waals surface area (Å²) >= 11 is 0. The first kappa shape index (κ1) is 16.7. The molecule has 2 heterocycles. The maximum Gasteiger partial charge on any atom is 0.224 e. The Bertz CT molecular complexity index is 663. The third-order valence-corrected chi connectivity index (χ3v) is 4.21. The summed E-state index contributed by atoms with van der Waals surface area (Å²) < 4.78 is 10.7. The van der Waals surface area contributed by atoms with Gasteiger partial charge in [0, 0.05) is 37.3 Å². The largest absolute Gasteiger partial charge is 0.379 e. The maximum absolute atomic E-state index is 12.3. The molecule has 1 aromatic heterocycles. The topological polar surface area (TPSA) is 67.6 Å². The van der Waals surface area contributed by atoms with E-state index in [4.69, 9.17) is 9.26 Å². The molecule has 128 valence electrons. The van der Waals surface area contributed by atoms with E-state index in [2.05, 4.69) is 15.4 Å². The van der Waals surface area contributed by atoms with Crippen molar-refractivity contribution in [2.24, 2.45) is 0 Å². The third kappa shape index (κ3) is 4.21. The minimum Gasteiger partial charge on any atom is -0.379 e. The highest BCUT2D eigenvalue weighted by molar-refractivity contribution is 5.81. The van der Waals surface area contributed by atoms with Gasteiger partial charge in [0.15, 0.2) is 5.76 Å². The van der Waals surface area contributed by atoms with Crippen molar-refractivity contribution in [2.45, 2.75) is 13.3 Å². The Morgan fingerprint density at radius 3 is 2.75 bits per heavy atom. The molecule has 0 aliphatic carbocycles. The van der Waals surface area contributed by atoms with Gasteiger partial charge in [-0.1, -0.05) is 35.5 Å². The smallest absolute Gasteiger partial charge is 0.224 e. The molecule has 1 amide bonds. The van der Waals surface area contributed by atoms with E-state index in [1.165, 1.54) is 0 Å². The van der Waals surface area contributed by atoms with Crippen molar-refractivity contribution in [1.29, 1.82) is 0 Å². The zero-order valence-electron chi connectivity index (χ0n) is 14.0. The van der Waals surface area contributed by atoms with E-state index in [-0.39, 0.29) is 12.3 Å².